The Morgan fingerprint density at radius 1 is 1.22 bits per heavy atom. The highest BCUT2D eigenvalue weighted by Crippen LogP contribution is 2.30. The summed E-state index contributed by atoms with van der Waals surface area (Å²) >= 11 is 1.09. The van der Waals surface area contributed by atoms with Gasteiger partial charge in [-0.25, -0.2) is 9.79 Å². The predicted octanol–water partition coefficient (Wildman–Crippen LogP) is 2.89. The van der Waals surface area contributed by atoms with Crippen molar-refractivity contribution in [1.29, 1.82) is 0 Å². The highest BCUT2D eigenvalue weighted by Gasteiger charge is 2.29. The van der Waals surface area contributed by atoms with Gasteiger partial charge in [-0.1, -0.05) is 42.1 Å². The SMILES string of the molecule is O=C(O)c1ccccc1C=NN1C(=O)CSC1=Nc1ccccc1[N+](=O)[O-]. The number of rotatable bonds is 5. The molecule has 0 radical (unpaired) electrons. The van der Waals surface area contributed by atoms with Crippen LogP contribution in [0, 0.1) is 10.1 Å². The number of hydrogen-bond donors (Lipinski definition) is 1. The highest BCUT2D eigenvalue weighted by atomic mass is 32.2. The Morgan fingerprint density at radius 2 is 1.93 bits per heavy atom. The number of amides is 1. The molecule has 0 aliphatic carbocycles. The van der Waals surface area contributed by atoms with Gasteiger partial charge in [0.25, 0.3) is 11.6 Å². The lowest BCUT2D eigenvalue weighted by Crippen LogP contribution is -2.24. The van der Waals surface area contributed by atoms with Gasteiger partial charge in [0.15, 0.2) is 5.17 Å². The third-order valence-corrected chi connectivity index (χ3v) is 4.45. The largest absolute Gasteiger partial charge is 0.478 e. The van der Waals surface area contributed by atoms with Crippen LogP contribution in [0.5, 0.6) is 0 Å². The molecule has 2 aromatic rings. The maximum absolute atomic E-state index is 12.1. The van der Waals surface area contributed by atoms with E-state index in [0.29, 0.717) is 5.56 Å². The molecule has 1 heterocycles. The molecule has 0 saturated carbocycles. The van der Waals surface area contributed by atoms with Gasteiger partial charge in [-0.15, -0.1) is 0 Å². The number of nitro groups is 1. The summed E-state index contributed by atoms with van der Waals surface area (Å²) in [5.74, 6) is -1.40. The van der Waals surface area contributed by atoms with Crippen LogP contribution in [-0.2, 0) is 4.79 Å². The summed E-state index contributed by atoms with van der Waals surface area (Å²) in [4.78, 5) is 38.1. The quantitative estimate of drug-likeness (QED) is 0.480. The molecule has 27 heavy (non-hydrogen) atoms. The number of hydrogen-bond acceptors (Lipinski definition) is 7. The molecule has 136 valence electrons. The van der Waals surface area contributed by atoms with E-state index in [0.717, 1.165) is 16.8 Å². The summed E-state index contributed by atoms with van der Waals surface area (Å²) in [6.45, 7) is 0. The van der Waals surface area contributed by atoms with Crippen molar-refractivity contribution in [3.05, 3.63) is 69.8 Å². The molecular weight excluding hydrogens is 372 g/mol. The zero-order chi connectivity index (χ0) is 19.4. The second kappa shape index (κ2) is 7.79. The lowest BCUT2D eigenvalue weighted by Gasteiger charge is -2.09. The molecule has 0 unspecified atom stereocenters. The summed E-state index contributed by atoms with van der Waals surface area (Å²) in [6.07, 6.45) is 1.25. The van der Waals surface area contributed by atoms with Gasteiger partial charge in [0.1, 0.15) is 5.69 Å². The number of nitrogens with zero attached hydrogens (tertiary/aromatic N) is 4. The van der Waals surface area contributed by atoms with Crippen LogP contribution in [0.3, 0.4) is 0 Å². The Balaban J connectivity index is 1.95. The minimum absolute atomic E-state index is 0.0396. The number of carbonyl (C=O) groups is 2. The standard InChI is InChI=1S/C17H12N4O5S/c22-15-10-27-17(19-13-7-3-4-8-14(13)21(25)26)20(15)18-9-11-5-1-2-6-12(11)16(23)24/h1-9H,10H2,(H,23,24). The minimum Gasteiger partial charge on any atom is -0.478 e. The van der Waals surface area contributed by atoms with Crippen LogP contribution in [-0.4, -0.2) is 44.1 Å². The molecular formula is C17H12N4O5S. The van der Waals surface area contributed by atoms with Crippen molar-refractivity contribution < 1.29 is 19.6 Å². The number of carbonyl (C=O) groups excluding carboxylic acids is 1. The topological polar surface area (TPSA) is 125 Å². The Kier molecular flexibility index (Phi) is 5.27. The number of carboxylic acid groups (broad SMARTS) is 1. The summed E-state index contributed by atoms with van der Waals surface area (Å²) in [5.41, 5.74) is 0.272. The second-order valence-electron chi connectivity index (χ2n) is 5.27. The molecule has 1 fully saturated rings. The van der Waals surface area contributed by atoms with Gasteiger partial charge in [-0.05, 0) is 12.1 Å². The van der Waals surface area contributed by atoms with E-state index in [1.807, 2.05) is 0 Å². The molecule has 0 atom stereocenters. The molecule has 9 nitrogen and oxygen atoms in total. The van der Waals surface area contributed by atoms with Gasteiger partial charge < -0.3 is 5.11 Å². The first kappa shape index (κ1) is 18.3. The smallest absolute Gasteiger partial charge is 0.336 e. The van der Waals surface area contributed by atoms with Crippen molar-refractivity contribution in [3.8, 4) is 0 Å². The van der Waals surface area contributed by atoms with Crippen LogP contribution in [0.1, 0.15) is 15.9 Å². The van der Waals surface area contributed by atoms with Crippen LogP contribution in [0.2, 0.25) is 0 Å². The fourth-order valence-corrected chi connectivity index (χ4v) is 3.10. The Hall–Kier alpha value is -3.53. The molecule has 1 N–H and O–H groups in total. The number of nitro benzene ring substituents is 1. The molecule has 3 rings (SSSR count). The number of amidine groups is 1. The van der Waals surface area contributed by atoms with E-state index in [4.69, 9.17) is 0 Å². The van der Waals surface area contributed by atoms with E-state index < -0.39 is 10.9 Å². The number of aromatic carboxylic acids is 1. The average Bonchev–Trinajstić information content (AvgIpc) is 3.00. The number of carboxylic acids is 1. The van der Waals surface area contributed by atoms with E-state index in [-0.39, 0.29) is 33.8 Å². The van der Waals surface area contributed by atoms with Crippen LogP contribution >= 0.6 is 11.8 Å². The molecule has 1 saturated heterocycles. The number of aliphatic imine (C=N–C) groups is 1. The maximum Gasteiger partial charge on any atom is 0.336 e. The van der Waals surface area contributed by atoms with Crippen LogP contribution in [0.4, 0.5) is 11.4 Å². The normalized spacial score (nSPS) is 15.6. The van der Waals surface area contributed by atoms with Crippen molar-refractivity contribution in [1.82, 2.24) is 5.01 Å². The van der Waals surface area contributed by atoms with Gasteiger partial charge in [-0.2, -0.15) is 10.1 Å². The summed E-state index contributed by atoms with van der Waals surface area (Å²) < 4.78 is 0. The van der Waals surface area contributed by atoms with Gasteiger partial charge in [0, 0.05) is 11.6 Å². The molecule has 0 bridgehead atoms. The van der Waals surface area contributed by atoms with Crippen molar-refractivity contribution in [2.45, 2.75) is 0 Å². The molecule has 1 amide bonds. The first-order valence-corrected chi connectivity index (χ1v) is 8.60. The lowest BCUT2D eigenvalue weighted by atomic mass is 10.1. The van der Waals surface area contributed by atoms with Crippen molar-refractivity contribution in [2.75, 3.05) is 5.75 Å². The Bertz CT molecular complexity index is 989. The van der Waals surface area contributed by atoms with Crippen molar-refractivity contribution >= 4 is 46.4 Å². The zero-order valence-electron chi connectivity index (χ0n) is 13.7. The number of thioether (sulfide) groups is 1. The third kappa shape index (κ3) is 4.01. The summed E-state index contributed by atoms with van der Waals surface area (Å²) in [7, 11) is 0. The van der Waals surface area contributed by atoms with Gasteiger partial charge in [0.05, 0.1) is 22.5 Å². The van der Waals surface area contributed by atoms with E-state index in [1.54, 1.807) is 24.3 Å². The molecule has 1 aliphatic heterocycles. The van der Waals surface area contributed by atoms with Crippen molar-refractivity contribution in [3.63, 3.8) is 0 Å². The van der Waals surface area contributed by atoms with Gasteiger partial charge >= 0.3 is 5.97 Å². The first-order chi connectivity index (χ1) is 13.0. The lowest BCUT2D eigenvalue weighted by molar-refractivity contribution is -0.384. The first-order valence-electron chi connectivity index (χ1n) is 7.61. The number of benzene rings is 2. The second-order valence-corrected chi connectivity index (χ2v) is 6.21. The zero-order valence-corrected chi connectivity index (χ0v) is 14.5. The maximum atomic E-state index is 12.1. The minimum atomic E-state index is -1.12. The van der Waals surface area contributed by atoms with Crippen LogP contribution in [0.25, 0.3) is 0 Å². The summed E-state index contributed by atoms with van der Waals surface area (Å²) in [5, 5.41) is 25.6. The molecule has 2 aromatic carbocycles. The fourth-order valence-electron chi connectivity index (χ4n) is 2.29. The van der Waals surface area contributed by atoms with E-state index >= 15 is 0 Å². The van der Waals surface area contributed by atoms with Crippen LogP contribution in [0.15, 0.2) is 58.6 Å². The number of para-hydroxylation sites is 2. The third-order valence-electron chi connectivity index (χ3n) is 3.54. The summed E-state index contributed by atoms with van der Waals surface area (Å²) in [6, 6.07) is 12.1. The molecule has 1 aliphatic rings. The Morgan fingerprint density at radius 3 is 2.67 bits per heavy atom. The van der Waals surface area contributed by atoms with Crippen molar-refractivity contribution in [2.24, 2.45) is 10.1 Å². The average molecular weight is 384 g/mol. The van der Waals surface area contributed by atoms with E-state index in [9.17, 15) is 24.8 Å². The number of hydrazone groups is 1. The van der Waals surface area contributed by atoms with Crippen LogP contribution < -0.4 is 0 Å². The van der Waals surface area contributed by atoms with E-state index in [2.05, 4.69) is 10.1 Å². The fraction of sp³-hybridized carbons (Fsp3) is 0.0588. The molecule has 10 heteroatoms. The van der Waals surface area contributed by atoms with Gasteiger partial charge in [0.2, 0.25) is 0 Å². The molecule has 0 spiro atoms. The Labute approximate surface area is 157 Å². The monoisotopic (exact) mass is 384 g/mol. The van der Waals surface area contributed by atoms with E-state index in [1.165, 1.54) is 30.5 Å². The highest BCUT2D eigenvalue weighted by molar-refractivity contribution is 8.15. The predicted molar refractivity (Wildman–Crippen MR) is 100 cm³/mol. The van der Waals surface area contributed by atoms with Gasteiger partial charge in [-0.3, -0.25) is 14.9 Å². The molecule has 0 aromatic heterocycles.